The molecule has 0 atom stereocenters. The maximum Gasteiger partial charge on any atom is 0.201 e. The van der Waals surface area contributed by atoms with Crippen LogP contribution in [0, 0.1) is 0 Å². The van der Waals surface area contributed by atoms with Gasteiger partial charge in [0.25, 0.3) is 0 Å². The lowest BCUT2D eigenvalue weighted by Gasteiger charge is -2.14. The van der Waals surface area contributed by atoms with Crippen LogP contribution < -0.4 is 5.32 Å². The Hall–Kier alpha value is -2.05. The van der Waals surface area contributed by atoms with Gasteiger partial charge in [-0.3, -0.25) is 4.99 Å². The largest absolute Gasteiger partial charge is 0.494 e. The van der Waals surface area contributed by atoms with Crippen molar-refractivity contribution in [2.24, 2.45) is 4.99 Å². The predicted octanol–water partition coefficient (Wildman–Crippen LogP) is 4.28. The van der Waals surface area contributed by atoms with Crippen molar-refractivity contribution in [3.63, 3.8) is 0 Å². The first kappa shape index (κ1) is 21.7. The molecule has 0 unspecified atom stereocenters. The summed E-state index contributed by atoms with van der Waals surface area (Å²) in [7, 11) is 2.17. The smallest absolute Gasteiger partial charge is 0.201 e. The Kier molecular flexibility index (Phi) is 7.19. The summed E-state index contributed by atoms with van der Waals surface area (Å²) in [6, 6.07) is 6.74. The van der Waals surface area contributed by atoms with E-state index >= 15 is 0 Å². The number of benzene rings is 1. The minimum absolute atomic E-state index is 0.167. The molecule has 1 aromatic carbocycles. The predicted molar refractivity (Wildman–Crippen MR) is 122 cm³/mol. The molecule has 0 spiro atoms. The van der Waals surface area contributed by atoms with Crippen LogP contribution in [0.1, 0.15) is 52.1 Å². The van der Waals surface area contributed by atoms with Gasteiger partial charge in [-0.25, -0.2) is 0 Å². The van der Waals surface area contributed by atoms with Crippen LogP contribution in [0.3, 0.4) is 0 Å². The summed E-state index contributed by atoms with van der Waals surface area (Å²) in [6.45, 7) is 12.7. The van der Waals surface area contributed by atoms with Crippen LogP contribution in [0.25, 0.3) is 10.9 Å². The number of aromatic hydroxyl groups is 1. The minimum Gasteiger partial charge on any atom is -0.494 e. The van der Waals surface area contributed by atoms with Crippen LogP contribution in [0.5, 0.6) is 5.88 Å². The van der Waals surface area contributed by atoms with E-state index in [4.69, 9.17) is 4.74 Å². The summed E-state index contributed by atoms with van der Waals surface area (Å²) < 4.78 is 7.50. The number of nitrogens with zero attached hydrogens (tertiary/aromatic N) is 3. The number of hydrogen-bond acceptors (Lipinski definition) is 5. The number of rotatable bonds is 4. The Morgan fingerprint density at radius 2 is 1.86 bits per heavy atom. The summed E-state index contributed by atoms with van der Waals surface area (Å²) in [4.78, 5) is 6.93. The Labute approximate surface area is 174 Å². The monoisotopic (exact) mass is 400 g/mol. The molecule has 2 aliphatic heterocycles. The lowest BCUT2D eigenvalue weighted by molar-refractivity contribution is 0.171. The van der Waals surface area contributed by atoms with Gasteiger partial charge in [-0.05, 0) is 78.9 Å². The molecule has 0 amide bonds. The second kappa shape index (κ2) is 9.63. The van der Waals surface area contributed by atoms with Crippen LogP contribution in [0.2, 0.25) is 0 Å². The third kappa shape index (κ3) is 5.11. The molecular formula is C23H36N4O2. The van der Waals surface area contributed by atoms with E-state index < -0.39 is 0 Å². The van der Waals surface area contributed by atoms with Crippen LogP contribution in [0.15, 0.2) is 23.2 Å². The normalized spacial score (nSPS) is 17.6. The third-order valence-electron chi connectivity index (χ3n) is 5.34. The molecule has 4 rings (SSSR count). The van der Waals surface area contributed by atoms with Gasteiger partial charge in [0, 0.05) is 23.2 Å². The van der Waals surface area contributed by atoms with Gasteiger partial charge in [0.15, 0.2) is 0 Å². The first-order chi connectivity index (χ1) is 13.9. The topological polar surface area (TPSA) is 62.0 Å². The highest BCUT2D eigenvalue weighted by Gasteiger charge is 2.23. The maximum absolute atomic E-state index is 10.8. The summed E-state index contributed by atoms with van der Waals surface area (Å²) in [6.07, 6.45) is 2.83. The van der Waals surface area contributed by atoms with E-state index in [1.165, 1.54) is 25.9 Å². The van der Waals surface area contributed by atoms with Gasteiger partial charge < -0.3 is 24.6 Å². The van der Waals surface area contributed by atoms with Gasteiger partial charge >= 0.3 is 0 Å². The highest BCUT2D eigenvalue weighted by molar-refractivity contribution is 6.14. The fraction of sp³-hybridized carbons (Fsp3) is 0.609. The van der Waals surface area contributed by atoms with E-state index in [2.05, 4.69) is 68.2 Å². The first-order valence-corrected chi connectivity index (χ1v) is 10.8. The van der Waals surface area contributed by atoms with Crippen LogP contribution in [0.4, 0.5) is 5.69 Å². The second-order valence-corrected chi connectivity index (χ2v) is 8.58. The average molecular weight is 401 g/mol. The molecule has 2 aliphatic rings. The molecule has 160 valence electrons. The summed E-state index contributed by atoms with van der Waals surface area (Å²) in [5.41, 5.74) is 3.71. The number of aliphatic imine (C=N–C) groups is 1. The van der Waals surface area contributed by atoms with E-state index in [1.54, 1.807) is 0 Å². The maximum atomic E-state index is 10.8. The quantitative estimate of drug-likeness (QED) is 0.804. The number of hydrogen-bond donors (Lipinski definition) is 2. The van der Waals surface area contributed by atoms with Crippen molar-refractivity contribution in [3.05, 3.63) is 23.8 Å². The first-order valence-electron chi connectivity index (χ1n) is 10.8. The number of likely N-dealkylation sites (tertiary alicyclic amines) is 1. The van der Waals surface area contributed by atoms with Gasteiger partial charge in [0.1, 0.15) is 0 Å². The fourth-order valence-corrected chi connectivity index (χ4v) is 4.02. The van der Waals surface area contributed by atoms with E-state index in [1.807, 2.05) is 4.57 Å². The van der Waals surface area contributed by atoms with Gasteiger partial charge in [-0.1, -0.05) is 0 Å². The number of fused-ring (bicyclic) bond motifs is 1. The zero-order valence-electron chi connectivity index (χ0n) is 18.5. The molecule has 6 heteroatoms. The Balaban J connectivity index is 0.000000343. The summed E-state index contributed by atoms with van der Waals surface area (Å²) in [5, 5.41) is 15.3. The van der Waals surface area contributed by atoms with Crippen LogP contribution >= 0.6 is 0 Å². The molecule has 1 fully saturated rings. The molecule has 2 aromatic rings. The second-order valence-electron chi connectivity index (χ2n) is 8.58. The van der Waals surface area contributed by atoms with Gasteiger partial charge in [0.2, 0.25) is 5.88 Å². The SMILES string of the molecule is CC(C)Nc1ccc2c(c1)c(C1=NCCOC1)c(O)n2C(C)C.CN1CCCC1. The molecule has 0 saturated carbocycles. The molecule has 0 radical (unpaired) electrons. The molecule has 0 bridgehead atoms. The lowest BCUT2D eigenvalue weighted by Crippen LogP contribution is -2.19. The van der Waals surface area contributed by atoms with Crippen molar-refractivity contribution in [1.82, 2.24) is 9.47 Å². The Morgan fingerprint density at radius 3 is 2.38 bits per heavy atom. The summed E-state index contributed by atoms with van der Waals surface area (Å²) in [5.74, 6) is 0.279. The van der Waals surface area contributed by atoms with Crippen molar-refractivity contribution in [3.8, 4) is 5.88 Å². The van der Waals surface area contributed by atoms with Crippen molar-refractivity contribution >= 4 is 22.3 Å². The molecule has 1 saturated heterocycles. The molecule has 2 N–H and O–H groups in total. The van der Waals surface area contributed by atoms with Crippen molar-refractivity contribution < 1.29 is 9.84 Å². The number of anilines is 1. The Morgan fingerprint density at radius 1 is 1.14 bits per heavy atom. The van der Waals surface area contributed by atoms with Crippen LogP contribution in [-0.2, 0) is 4.74 Å². The van der Waals surface area contributed by atoms with Crippen LogP contribution in [-0.4, -0.2) is 66.2 Å². The zero-order valence-corrected chi connectivity index (χ0v) is 18.5. The highest BCUT2D eigenvalue weighted by Crippen LogP contribution is 2.36. The number of nitrogens with one attached hydrogen (secondary N) is 1. The molecule has 29 heavy (non-hydrogen) atoms. The Bertz CT molecular complexity index is 848. The standard InChI is InChI=1S/C18H25N3O2.C5H11N/c1-11(2)20-13-5-6-16-14(9-13)17(15-10-23-8-7-19-15)18(22)21(16)12(3)4;1-6-4-2-3-5-6/h5-6,9,11-12,20,22H,7-8,10H2,1-4H3;2-5H2,1H3. The van der Waals surface area contributed by atoms with Crippen molar-refractivity contribution in [1.29, 1.82) is 0 Å². The van der Waals surface area contributed by atoms with Gasteiger partial charge in [-0.2, -0.15) is 0 Å². The average Bonchev–Trinajstić information content (AvgIpc) is 3.26. The van der Waals surface area contributed by atoms with Crippen molar-refractivity contribution in [2.45, 2.75) is 52.6 Å². The minimum atomic E-state index is 0.167. The van der Waals surface area contributed by atoms with E-state index in [9.17, 15) is 5.11 Å². The molecule has 1 aromatic heterocycles. The van der Waals surface area contributed by atoms with Crippen molar-refractivity contribution in [2.75, 3.05) is 45.2 Å². The van der Waals surface area contributed by atoms with Gasteiger partial charge in [0.05, 0.1) is 36.6 Å². The summed E-state index contributed by atoms with van der Waals surface area (Å²) >= 11 is 0. The van der Waals surface area contributed by atoms with E-state index in [0.717, 1.165) is 27.9 Å². The van der Waals surface area contributed by atoms with E-state index in [0.29, 0.717) is 25.8 Å². The lowest BCUT2D eigenvalue weighted by atomic mass is 10.1. The molecular weight excluding hydrogens is 364 g/mol. The number of aromatic nitrogens is 1. The molecule has 6 nitrogen and oxygen atoms in total. The van der Waals surface area contributed by atoms with E-state index in [-0.39, 0.29) is 11.9 Å². The molecule has 3 heterocycles. The number of ether oxygens (including phenoxy) is 1. The highest BCUT2D eigenvalue weighted by atomic mass is 16.5. The fourth-order valence-electron chi connectivity index (χ4n) is 4.02. The van der Waals surface area contributed by atoms with Gasteiger partial charge in [-0.15, -0.1) is 0 Å². The third-order valence-corrected chi connectivity index (χ3v) is 5.34. The molecule has 0 aliphatic carbocycles. The zero-order chi connectivity index (χ0) is 21.0.